The molecule has 0 aliphatic heterocycles. The predicted molar refractivity (Wildman–Crippen MR) is 81.5 cm³/mol. The van der Waals surface area contributed by atoms with Crippen LogP contribution in [0, 0.1) is 24.0 Å². The van der Waals surface area contributed by atoms with Crippen LogP contribution in [0.5, 0.6) is 5.75 Å². The zero-order valence-electron chi connectivity index (χ0n) is 11.9. The number of hydrogen-bond donors (Lipinski definition) is 2. The largest absolute Gasteiger partial charge is 0.502 e. The molecule has 116 valence electrons. The van der Waals surface area contributed by atoms with Crippen LogP contribution in [0.1, 0.15) is 11.1 Å². The van der Waals surface area contributed by atoms with E-state index in [0.717, 1.165) is 29.3 Å². The Kier molecular flexibility index (Phi) is 4.05. The van der Waals surface area contributed by atoms with Crippen LogP contribution in [-0.2, 0) is 10.0 Å². The predicted octanol–water partition coefficient (Wildman–Crippen LogP) is 2.72. The molecular weight excluding hydrogens is 308 g/mol. The number of nitrogens with zero attached hydrogens (tertiary/aromatic N) is 1. The number of aryl methyl sites for hydroxylation is 2. The Morgan fingerprint density at radius 2 is 1.73 bits per heavy atom. The van der Waals surface area contributed by atoms with Gasteiger partial charge >= 0.3 is 5.69 Å². The van der Waals surface area contributed by atoms with Crippen molar-refractivity contribution < 1.29 is 18.4 Å². The summed E-state index contributed by atoms with van der Waals surface area (Å²) in [5.41, 5.74) is 1.23. The lowest BCUT2D eigenvalue weighted by molar-refractivity contribution is -0.386. The molecule has 0 unspecified atom stereocenters. The molecule has 0 saturated carbocycles. The summed E-state index contributed by atoms with van der Waals surface area (Å²) in [5, 5.41) is 20.2. The van der Waals surface area contributed by atoms with Gasteiger partial charge in [-0.05, 0) is 37.1 Å². The van der Waals surface area contributed by atoms with Gasteiger partial charge in [0.2, 0.25) is 0 Å². The zero-order valence-corrected chi connectivity index (χ0v) is 12.7. The first-order chi connectivity index (χ1) is 10.2. The molecule has 0 aromatic heterocycles. The second kappa shape index (κ2) is 5.64. The maximum atomic E-state index is 12.4. The van der Waals surface area contributed by atoms with Gasteiger partial charge in [-0.1, -0.05) is 18.2 Å². The van der Waals surface area contributed by atoms with Crippen molar-refractivity contribution in [3.8, 4) is 5.75 Å². The van der Waals surface area contributed by atoms with E-state index in [9.17, 15) is 23.6 Å². The van der Waals surface area contributed by atoms with Gasteiger partial charge in [-0.25, -0.2) is 8.42 Å². The van der Waals surface area contributed by atoms with E-state index in [1.54, 1.807) is 32.0 Å². The van der Waals surface area contributed by atoms with Crippen molar-refractivity contribution in [3.05, 3.63) is 57.6 Å². The van der Waals surface area contributed by atoms with Gasteiger partial charge in [-0.3, -0.25) is 14.8 Å². The third-order valence-electron chi connectivity index (χ3n) is 3.17. The molecule has 0 bridgehead atoms. The summed E-state index contributed by atoms with van der Waals surface area (Å²) < 4.78 is 27.2. The third kappa shape index (κ3) is 3.01. The minimum Gasteiger partial charge on any atom is -0.502 e. The molecule has 22 heavy (non-hydrogen) atoms. The lowest BCUT2D eigenvalue weighted by atomic mass is 10.1. The van der Waals surface area contributed by atoms with E-state index in [0.29, 0.717) is 5.69 Å². The molecule has 0 aliphatic carbocycles. The smallest absolute Gasteiger partial charge is 0.312 e. The van der Waals surface area contributed by atoms with Crippen molar-refractivity contribution in [2.75, 3.05) is 4.72 Å². The molecule has 0 amide bonds. The normalized spacial score (nSPS) is 11.2. The van der Waals surface area contributed by atoms with Crippen molar-refractivity contribution in [1.29, 1.82) is 0 Å². The van der Waals surface area contributed by atoms with Crippen molar-refractivity contribution in [2.45, 2.75) is 18.7 Å². The van der Waals surface area contributed by atoms with Crippen molar-refractivity contribution >= 4 is 21.4 Å². The highest BCUT2D eigenvalue weighted by Crippen LogP contribution is 2.30. The molecule has 0 heterocycles. The summed E-state index contributed by atoms with van der Waals surface area (Å²) >= 11 is 0. The highest BCUT2D eigenvalue weighted by Gasteiger charge is 2.22. The van der Waals surface area contributed by atoms with E-state index in [2.05, 4.69) is 4.72 Å². The van der Waals surface area contributed by atoms with Crippen LogP contribution in [-0.4, -0.2) is 18.4 Å². The summed E-state index contributed by atoms with van der Waals surface area (Å²) in [6.07, 6.45) is 0. The van der Waals surface area contributed by atoms with Crippen molar-refractivity contribution in [2.24, 2.45) is 0 Å². The lowest BCUT2D eigenvalue weighted by Gasteiger charge is -2.13. The molecule has 0 aliphatic rings. The minimum atomic E-state index is -4.00. The molecule has 2 aromatic carbocycles. The Morgan fingerprint density at radius 3 is 2.27 bits per heavy atom. The fourth-order valence-electron chi connectivity index (χ4n) is 1.99. The number of rotatable bonds is 4. The average molecular weight is 322 g/mol. The Bertz CT molecular complexity index is 826. The van der Waals surface area contributed by atoms with Gasteiger partial charge in [0.1, 0.15) is 0 Å². The number of nitrogens with one attached hydrogen (secondary N) is 1. The SMILES string of the molecule is Cc1cccc(C)c1NS(=O)(=O)c1ccc(O)c([N+](=O)[O-])c1. The molecular formula is C14H14N2O5S. The molecule has 2 rings (SSSR count). The molecule has 0 saturated heterocycles. The standard InChI is InChI=1S/C14H14N2O5S/c1-9-4-3-5-10(2)14(9)15-22(20,21)11-6-7-13(17)12(8-11)16(18)19/h3-8,15,17H,1-2H3. The maximum Gasteiger partial charge on any atom is 0.312 e. The fraction of sp³-hybridized carbons (Fsp3) is 0.143. The van der Waals surface area contributed by atoms with E-state index >= 15 is 0 Å². The third-order valence-corrected chi connectivity index (χ3v) is 4.52. The number of benzene rings is 2. The van der Waals surface area contributed by atoms with E-state index in [1.165, 1.54) is 0 Å². The number of anilines is 1. The topological polar surface area (TPSA) is 110 Å². The number of nitro benzene ring substituents is 1. The molecule has 2 aromatic rings. The van der Waals surface area contributed by atoms with Crippen LogP contribution in [0.4, 0.5) is 11.4 Å². The van der Waals surface area contributed by atoms with E-state index in [-0.39, 0.29) is 4.90 Å². The molecule has 2 N–H and O–H groups in total. The van der Waals surface area contributed by atoms with Gasteiger partial charge in [0, 0.05) is 6.07 Å². The Morgan fingerprint density at radius 1 is 1.14 bits per heavy atom. The summed E-state index contributed by atoms with van der Waals surface area (Å²) in [6.45, 7) is 3.51. The Hall–Kier alpha value is -2.61. The number of para-hydroxylation sites is 1. The summed E-state index contributed by atoms with van der Waals surface area (Å²) in [7, 11) is -4.00. The number of phenols is 1. The summed E-state index contributed by atoms with van der Waals surface area (Å²) in [5.74, 6) is -0.587. The number of nitro groups is 1. The van der Waals surface area contributed by atoms with Gasteiger partial charge in [-0.15, -0.1) is 0 Å². The minimum absolute atomic E-state index is 0.292. The van der Waals surface area contributed by atoms with Crippen LogP contribution >= 0.6 is 0 Å². The monoisotopic (exact) mass is 322 g/mol. The fourth-order valence-corrected chi connectivity index (χ4v) is 3.21. The van der Waals surface area contributed by atoms with Crippen LogP contribution in [0.25, 0.3) is 0 Å². The Balaban J connectivity index is 2.48. The summed E-state index contributed by atoms with van der Waals surface area (Å²) in [4.78, 5) is 9.67. The van der Waals surface area contributed by atoms with Gasteiger partial charge in [0.15, 0.2) is 5.75 Å². The molecule has 7 nitrogen and oxygen atoms in total. The van der Waals surface area contributed by atoms with Crippen molar-refractivity contribution in [3.63, 3.8) is 0 Å². The first-order valence-corrected chi connectivity index (χ1v) is 7.77. The van der Waals surface area contributed by atoms with E-state index < -0.39 is 26.4 Å². The highest BCUT2D eigenvalue weighted by atomic mass is 32.2. The molecule has 0 fully saturated rings. The lowest BCUT2D eigenvalue weighted by Crippen LogP contribution is -2.14. The first-order valence-electron chi connectivity index (χ1n) is 6.29. The Labute approximate surface area is 127 Å². The van der Waals surface area contributed by atoms with Crippen LogP contribution in [0.2, 0.25) is 0 Å². The van der Waals surface area contributed by atoms with E-state index in [4.69, 9.17) is 0 Å². The number of sulfonamides is 1. The first kappa shape index (κ1) is 15.8. The molecule has 8 heteroatoms. The second-order valence-corrected chi connectivity index (χ2v) is 6.46. The van der Waals surface area contributed by atoms with Gasteiger partial charge in [0.25, 0.3) is 10.0 Å². The maximum absolute atomic E-state index is 12.4. The van der Waals surface area contributed by atoms with Crippen LogP contribution < -0.4 is 4.72 Å². The average Bonchev–Trinajstić information content (AvgIpc) is 2.43. The number of aromatic hydroxyl groups is 1. The number of hydrogen-bond acceptors (Lipinski definition) is 5. The van der Waals surface area contributed by atoms with Gasteiger partial charge < -0.3 is 5.11 Å². The molecule has 0 spiro atoms. The van der Waals surface area contributed by atoms with Gasteiger partial charge in [0.05, 0.1) is 15.5 Å². The quantitative estimate of drug-likeness (QED) is 0.664. The second-order valence-electron chi connectivity index (χ2n) is 4.78. The highest BCUT2D eigenvalue weighted by molar-refractivity contribution is 7.92. The van der Waals surface area contributed by atoms with Gasteiger partial charge in [-0.2, -0.15) is 0 Å². The molecule has 0 atom stereocenters. The van der Waals surface area contributed by atoms with Crippen molar-refractivity contribution in [1.82, 2.24) is 0 Å². The summed E-state index contributed by atoms with van der Waals surface area (Å²) in [6, 6.07) is 8.23. The van der Waals surface area contributed by atoms with Crippen LogP contribution in [0.3, 0.4) is 0 Å². The van der Waals surface area contributed by atoms with Crippen LogP contribution in [0.15, 0.2) is 41.3 Å². The molecule has 0 radical (unpaired) electrons. The zero-order chi connectivity index (χ0) is 16.5. The van der Waals surface area contributed by atoms with E-state index in [1.807, 2.05) is 0 Å². The number of phenolic OH excluding ortho intramolecular Hbond substituents is 1.